The zero-order valence-electron chi connectivity index (χ0n) is 21.1. The highest BCUT2D eigenvalue weighted by molar-refractivity contribution is 7.89. The number of benzene rings is 2. The van der Waals surface area contributed by atoms with E-state index in [1.54, 1.807) is 26.0 Å². The molecule has 1 aromatic heterocycles. The molecule has 2 atom stereocenters. The smallest absolute Gasteiger partial charge is 0.336 e. The Morgan fingerprint density at radius 1 is 1.05 bits per heavy atom. The summed E-state index contributed by atoms with van der Waals surface area (Å²) in [5.41, 5.74) is 4.11. The fourth-order valence-electron chi connectivity index (χ4n) is 4.42. The fourth-order valence-corrected chi connectivity index (χ4v) is 5.67. The molecule has 12 heteroatoms. The van der Waals surface area contributed by atoms with Crippen molar-refractivity contribution in [2.75, 3.05) is 19.5 Å². The van der Waals surface area contributed by atoms with Crippen molar-refractivity contribution < 1.29 is 27.5 Å². The molecule has 1 aliphatic rings. The summed E-state index contributed by atoms with van der Waals surface area (Å²) in [7, 11) is -1.19. The minimum atomic E-state index is -3.78. The van der Waals surface area contributed by atoms with E-state index in [0.717, 1.165) is 5.56 Å². The highest BCUT2D eigenvalue weighted by atomic mass is 32.2. The van der Waals surface area contributed by atoms with E-state index in [4.69, 9.17) is 14.6 Å². The lowest BCUT2D eigenvalue weighted by molar-refractivity contribution is -0.143. The maximum atomic E-state index is 12.8. The molecule has 2 aromatic carbocycles. The van der Waals surface area contributed by atoms with E-state index in [0.29, 0.717) is 39.1 Å². The molecule has 0 amide bonds. The van der Waals surface area contributed by atoms with Crippen LogP contribution < -0.4 is 10.5 Å². The average Bonchev–Trinajstić information content (AvgIpc) is 3.35. The van der Waals surface area contributed by atoms with E-state index in [1.807, 2.05) is 29.6 Å². The van der Waals surface area contributed by atoms with Crippen LogP contribution in [-0.4, -0.2) is 45.3 Å². The summed E-state index contributed by atoms with van der Waals surface area (Å²) in [6, 6.07) is 13.5. The number of carbonyl (C=O) groups excluding carboxylic acids is 2. The van der Waals surface area contributed by atoms with Crippen LogP contribution in [0.5, 0.6) is 0 Å². The minimum absolute atomic E-state index is 0.0236. The Bertz CT molecular complexity index is 1560. The molecule has 0 bridgehead atoms. The second kappa shape index (κ2) is 10.9. The molecule has 198 valence electrons. The third-order valence-corrected chi connectivity index (χ3v) is 7.86. The monoisotopic (exact) mass is 554 g/mol. The zero-order chi connectivity index (χ0) is 27.6. The number of methoxy groups -OCH3 is 2. The van der Waals surface area contributed by atoms with Crippen molar-refractivity contribution in [1.82, 2.24) is 4.98 Å². The quantitative estimate of drug-likeness (QED) is 0.416. The largest absolute Gasteiger partial charge is 0.468 e. The number of nitrogens with two attached hydrogens (primary N) is 1. The van der Waals surface area contributed by atoms with Gasteiger partial charge in [0.05, 0.1) is 30.4 Å². The highest BCUT2D eigenvalue weighted by Crippen LogP contribution is 2.41. The van der Waals surface area contributed by atoms with Crippen LogP contribution in [0, 0.1) is 5.92 Å². The highest BCUT2D eigenvalue weighted by Gasteiger charge is 2.42. The predicted octanol–water partition coefficient (Wildman–Crippen LogP) is 4.00. The van der Waals surface area contributed by atoms with E-state index >= 15 is 0 Å². The van der Waals surface area contributed by atoms with Crippen LogP contribution in [0.2, 0.25) is 0 Å². The van der Waals surface area contributed by atoms with Gasteiger partial charge in [0.1, 0.15) is 5.92 Å². The van der Waals surface area contributed by atoms with Gasteiger partial charge >= 0.3 is 11.9 Å². The Balaban J connectivity index is 1.65. The van der Waals surface area contributed by atoms with Crippen molar-refractivity contribution in [3.05, 3.63) is 70.7 Å². The van der Waals surface area contributed by atoms with Crippen LogP contribution in [0.25, 0.3) is 11.3 Å². The van der Waals surface area contributed by atoms with E-state index in [9.17, 15) is 18.0 Å². The van der Waals surface area contributed by atoms with Gasteiger partial charge in [0.2, 0.25) is 10.0 Å². The number of aliphatic imine (C=N–C) groups is 1. The number of hydrogen-bond acceptors (Lipinski definition) is 10. The van der Waals surface area contributed by atoms with Gasteiger partial charge in [-0.3, -0.25) is 9.79 Å². The fraction of sp³-hybridized carbons (Fsp3) is 0.231. The Labute approximate surface area is 224 Å². The lowest BCUT2D eigenvalue weighted by atomic mass is 9.75. The van der Waals surface area contributed by atoms with Crippen molar-refractivity contribution in [2.24, 2.45) is 16.0 Å². The second-order valence-electron chi connectivity index (χ2n) is 8.58. The van der Waals surface area contributed by atoms with Crippen LogP contribution in [0.1, 0.15) is 25.3 Å². The number of allylic oxidation sites excluding steroid dienone is 1. The summed E-state index contributed by atoms with van der Waals surface area (Å²) in [6.45, 7) is 3.45. The van der Waals surface area contributed by atoms with Crippen LogP contribution in [0.4, 0.5) is 10.8 Å². The third kappa shape index (κ3) is 5.52. The maximum Gasteiger partial charge on any atom is 0.336 e. The Morgan fingerprint density at radius 2 is 1.76 bits per heavy atom. The summed E-state index contributed by atoms with van der Waals surface area (Å²) < 4.78 is 33.1. The number of carbonyl (C=O) groups is 2. The van der Waals surface area contributed by atoms with Gasteiger partial charge in [0.25, 0.3) is 0 Å². The zero-order valence-corrected chi connectivity index (χ0v) is 22.7. The van der Waals surface area contributed by atoms with Gasteiger partial charge in [-0.05, 0) is 43.7 Å². The van der Waals surface area contributed by atoms with Crippen LogP contribution >= 0.6 is 11.3 Å². The summed E-state index contributed by atoms with van der Waals surface area (Å²) >= 11 is 1.37. The Hall–Kier alpha value is -3.87. The number of nitrogens with zero attached hydrogens (tertiary/aromatic N) is 2. The van der Waals surface area contributed by atoms with Gasteiger partial charge in [-0.2, -0.15) is 0 Å². The number of nitrogens with one attached hydrogen (secondary N) is 1. The van der Waals surface area contributed by atoms with Gasteiger partial charge < -0.3 is 14.8 Å². The molecule has 38 heavy (non-hydrogen) atoms. The molecule has 0 radical (unpaired) electrons. The molecule has 0 aliphatic carbocycles. The van der Waals surface area contributed by atoms with E-state index in [-0.39, 0.29) is 4.90 Å². The van der Waals surface area contributed by atoms with Gasteiger partial charge in [-0.1, -0.05) is 24.3 Å². The number of sulfonamides is 1. The molecule has 1 aliphatic heterocycles. The number of thiazole rings is 1. The first kappa shape index (κ1) is 27.2. The lowest BCUT2D eigenvalue weighted by Gasteiger charge is -2.31. The predicted molar refractivity (Wildman–Crippen MR) is 145 cm³/mol. The summed E-state index contributed by atoms with van der Waals surface area (Å²) in [4.78, 5) is 34.6. The van der Waals surface area contributed by atoms with Crippen molar-refractivity contribution >= 4 is 49.8 Å². The molecule has 0 saturated heterocycles. The Morgan fingerprint density at radius 3 is 2.39 bits per heavy atom. The molecule has 0 fully saturated rings. The van der Waals surface area contributed by atoms with E-state index in [1.165, 1.54) is 37.7 Å². The molecule has 0 spiro atoms. The van der Waals surface area contributed by atoms with Gasteiger partial charge in [0.15, 0.2) is 5.13 Å². The number of ether oxygens (including phenoxy) is 2. The van der Waals surface area contributed by atoms with Crippen LogP contribution in [-0.2, 0) is 29.1 Å². The third-order valence-electron chi connectivity index (χ3n) is 6.17. The number of esters is 2. The molecular formula is C26H26N4O6S2. The molecule has 0 saturated carbocycles. The van der Waals surface area contributed by atoms with Gasteiger partial charge in [-0.25, -0.2) is 23.3 Å². The summed E-state index contributed by atoms with van der Waals surface area (Å²) in [5, 5.41) is 10.9. The first-order valence-electron chi connectivity index (χ1n) is 11.4. The summed E-state index contributed by atoms with van der Waals surface area (Å²) in [5.74, 6) is -2.51. The number of aromatic nitrogens is 1. The SMILES string of the molecule is COC(=O)C1=C(C)N=C(C)C(C(=O)OC)C1c1cccc(Nc2nc(-c3ccc(S(N)(=O)=O)cc3)cs2)c1. The molecule has 3 aromatic rings. The molecule has 2 unspecified atom stereocenters. The molecule has 10 nitrogen and oxygen atoms in total. The molecular weight excluding hydrogens is 528 g/mol. The van der Waals surface area contributed by atoms with Crippen molar-refractivity contribution in [3.8, 4) is 11.3 Å². The lowest BCUT2D eigenvalue weighted by Crippen LogP contribution is -2.36. The van der Waals surface area contributed by atoms with Gasteiger partial charge in [-0.15, -0.1) is 11.3 Å². The summed E-state index contributed by atoms with van der Waals surface area (Å²) in [6.07, 6.45) is 0. The molecule has 4 rings (SSSR count). The average molecular weight is 555 g/mol. The first-order valence-corrected chi connectivity index (χ1v) is 13.8. The van der Waals surface area contributed by atoms with E-state index < -0.39 is 33.8 Å². The number of rotatable bonds is 7. The number of anilines is 2. The van der Waals surface area contributed by atoms with Crippen molar-refractivity contribution in [3.63, 3.8) is 0 Å². The number of primary sulfonamides is 1. The normalized spacial score (nSPS) is 17.6. The van der Waals surface area contributed by atoms with Crippen molar-refractivity contribution in [1.29, 1.82) is 0 Å². The first-order chi connectivity index (χ1) is 18.0. The Kier molecular flexibility index (Phi) is 7.76. The van der Waals surface area contributed by atoms with Gasteiger partial charge in [0, 0.05) is 34.0 Å². The standard InChI is InChI=1S/C26H26N4O6S2/c1-14-21(24(31)35-3)23(22(15(2)28-14)25(32)36-4)17-6-5-7-18(12-17)29-26-30-20(13-37-26)16-8-10-19(11-9-16)38(27,33)34/h5-13,21,23H,1-4H3,(H,29,30)(H2,27,33,34). The molecule has 3 N–H and O–H groups in total. The molecule has 2 heterocycles. The van der Waals surface area contributed by atoms with Crippen molar-refractivity contribution in [2.45, 2.75) is 24.7 Å². The van der Waals surface area contributed by atoms with Crippen LogP contribution in [0.3, 0.4) is 0 Å². The van der Waals surface area contributed by atoms with E-state index in [2.05, 4.69) is 15.3 Å². The maximum absolute atomic E-state index is 12.8. The van der Waals surface area contributed by atoms with Crippen LogP contribution in [0.15, 0.2) is 75.1 Å². The minimum Gasteiger partial charge on any atom is -0.468 e. The number of hydrogen-bond donors (Lipinski definition) is 2. The topological polar surface area (TPSA) is 150 Å². The second-order valence-corrected chi connectivity index (χ2v) is 11.0.